The van der Waals surface area contributed by atoms with Crippen LogP contribution in [0.25, 0.3) is 0 Å². The van der Waals surface area contributed by atoms with E-state index in [1.165, 1.54) is 12.1 Å². The number of para-hydroxylation sites is 1. The summed E-state index contributed by atoms with van der Waals surface area (Å²) in [6.45, 7) is 0. The molecule has 2 aromatic carbocycles. The summed E-state index contributed by atoms with van der Waals surface area (Å²) < 4.78 is 13.2. The summed E-state index contributed by atoms with van der Waals surface area (Å²) in [5.74, 6) is 0.0144. The van der Waals surface area contributed by atoms with E-state index in [2.05, 4.69) is 5.32 Å². The first-order valence-corrected chi connectivity index (χ1v) is 7.84. The van der Waals surface area contributed by atoms with Gasteiger partial charge in [0.05, 0.1) is 6.04 Å². The van der Waals surface area contributed by atoms with Crippen LogP contribution in [-0.2, 0) is 4.79 Å². The van der Waals surface area contributed by atoms with Crippen LogP contribution in [0.5, 0.6) is 0 Å². The van der Waals surface area contributed by atoms with Gasteiger partial charge >= 0.3 is 0 Å². The third-order valence-electron chi connectivity index (χ3n) is 4.33. The molecule has 1 aliphatic rings. The van der Waals surface area contributed by atoms with Gasteiger partial charge in [0, 0.05) is 18.0 Å². The molecule has 0 amide bonds. The third kappa shape index (κ3) is 3.35. The van der Waals surface area contributed by atoms with Gasteiger partial charge in [0.2, 0.25) is 0 Å². The van der Waals surface area contributed by atoms with Gasteiger partial charge < -0.3 is 5.32 Å². The quantitative estimate of drug-likeness (QED) is 0.883. The number of Topliss-reactive ketones (excluding diaryl/α,β-unsaturated/α-hetero) is 1. The van der Waals surface area contributed by atoms with Crippen molar-refractivity contribution in [1.29, 1.82) is 0 Å². The highest BCUT2D eigenvalue weighted by atomic mass is 19.1. The maximum absolute atomic E-state index is 13.2. The lowest BCUT2D eigenvalue weighted by atomic mass is 9.80. The summed E-state index contributed by atoms with van der Waals surface area (Å²) in [5.41, 5.74) is 1.95. The first-order chi connectivity index (χ1) is 10.7. The highest BCUT2D eigenvalue weighted by Crippen LogP contribution is 2.34. The Morgan fingerprint density at radius 1 is 1.00 bits per heavy atom. The Balaban J connectivity index is 1.90. The van der Waals surface area contributed by atoms with Crippen LogP contribution in [-0.4, -0.2) is 5.78 Å². The average Bonchev–Trinajstić information content (AvgIpc) is 2.55. The number of rotatable bonds is 4. The second-order valence-corrected chi connectivity index (χ2v) is 5.86. The minimum atomic E-state index is -0.253. The van der Waals surface area contributed by atoms with E-state index in [1.807, 2.05) is 30.3 Å². The number of hydrogen-bond donors (Lipinski definition) is 1. The number of carbonyl (C=O) groups excluding carboxylic acids is 1. The SMILES string of the molecule is O=C1CCCCC1C(Nc1ccccc1)c1ccc(F)cc1. The molecule has 1 N–H and O–H groups in total. The van der Waals surface area contributed by atoms with Crippen molar-refractivity contribution >= 4 is 11.5 Å². The van der Waals surface area contributed by atoms with Gasteiger partial charge in [-0.25, -0.2) is 4.39 Å². The van der Waals surface area contributed by atoms with Gasteiger partial charge in [-0.15, -0.1) is 0 Å². The van der Waals surface area contributed by atoms with Crippen LogP contribution in [0.2, 0.25) is 0 Å². The number of ketones is 1. The maximum atomic E-state index is 13.2. The Hall–Kier alpha value is -2.16. The fraction of sp³-hybridized carbons (Fsp3) is 0.316. The van der Waals surface area contributed by atoms with Crippen molar-refractivity contribution in [3.8, 4) is 0 Å². The van der Waals surface area contributed by atoms with E-state index in [4.69, 9.17) is 0 Å². The molecule has 1 fully saturated rings. The molecule has 0 saturated heterocycles. The molecule has 2 unspecified atom stereocenters. The largest absolute Gasteiger partial charge is 0.378 e. The molecule has 114 valence electrons. The molecule has 0 radical (unpaired) electrons. The van der Waals surface area contributed by atoms with Crippen molar-refractivity contribution in [2.45, 2.75) is 31.7 Å². The van der Waals surface area contributed by atoms with Gasteiger partial charge in [-0.1, -0.05) is 36.8 Å². The molecule has 1 saturated carbocycles. The van der Waals surface area contributed by atoms with Crippen LogP contribution < -0.4 is 5.32 Å². The van der Waals surface area contributed by atoms with E-state index in [0.29, 0.717) is 12.2 Å². The zero-order valence-corrected chi connectivity index (χ0v) is 12.5. The predicted octanol–water partition coefficient (Wildman–Crippen LogP) is 4.74. The van der Waals surface area contributed by atoms with E-state index in [9.17, 15) is 9.18 Å². The van der Waals surface area contributed by atoms with Crippen molar-refractivity contribution in [3.63, 3.8) is 0 Å². The van der Waals surface area contributed by atoms with Gasteiger partial charge in [-0.3, -0.25) is 4.79 Å². The lowest BCUT2D eigenvalue weighted by Gasteiger charge is -2.31. The lowest BCUT2D eigenvalue weighted by Crippen LogP contribution is -2.30. The first kappa shape index (κ1) is 14.8. The molecule has 0 bridgehead atoms. The molecule has 3 heteroatoms. The number of nitrogens with one attached hydrogen (secondary N) is 1. The Labute approximate surface area is 130 Å². The molecule has 2 nitrogen and oxygen atoms in total. The molecule has 2 atom stereocenters. The van der Waals surface area contributed by atoms with Crippen LogP contribution in [0, 0.1) is 11.7 Å². The lowest BCUT2D eigenvalue weighted by molar-refractivity contribution is -0.125. The molecule has 0 aliphatic heterocycles. The molecule has 2 aromatic rings. The zero-order chi connectivity index (χ0) is 15.4. The van der Waals surface area contributed by atoms with Gasteiger partial charge in [0.1, 0.15) is 11.6 Å². The van der Waals surface area contributed by atoms with Crippen molar-refractivity contribution < 1.29 is 9.18 Å². The number of halogens is 1. The fourth-order valence-electron chi connectivity index (χ4n) is 3.16. The smallest absolute Gasteiger partial charge is 0.138 e. The first-order valence-electron chi connectivity index (χ1n) is 7.84. The number of benzene rings is 2. The monoisotopic (exact) mass is 297 g/mol. The summed E-state index contributed by atoms with van der Waals surface area (Å²) >= 11 is 0. The fourth-order valence-corrected chi connectivity index (χ4v) is 3.16. The van der Waals surface area contributed by atoms with Gasteiger partial charge in [0.25, 0.3) is 0 Å². The van der Waals surface area contributed by atoms with E-state index in [0.717, 1.165) is 30.5 Å². The highest BCUT2D eigenvalue weighted by molar-refractivity contribution is 5.83. The molecular formula is C19H20FNO. The molecule has 22 heavy (non-hydrogen) atoms. The molecule has 0 aromatic heterocycles. The third-order valence-corrected chi connectivity index (χ3v) is 4.33. The Kier molecular flexibility index (Phi) is 4.52. The predicted molar refractivity (Wildman–Crippen MR) is 86.2 cm³/mol. The van der Waals surface area contributed by atoms with Crippen molar-refractivity contribution in [1.82, 2.24) is 0 Å². The van der Waals surface area contributed by atoms with E-state index in [-0.39, 0.29) is 17.8 Å². The second-order valence-electron chi connectivity index (χ2n) is 5.86. The molecule has 0 spiro atoms. The molecule has 1 aliphatic carbocycles. The number of anilines is 1. The summed E-state index contributed by atoms with van der Waals surface area (Å²) in [7, 11) is 0. The van der Waals surface area contributed by atoms with Crippen LogP contribution in [0.15, 0.2) is 54.6 Å². The van der Waals surface area contributed by atoms with Crippen LogP contribution in [0.4, 0.5) is 10.1 Å². The van der Waals surface area contributed by atoms with Gasteiger partial charge in [-0.05, 0) is 42.7 Å². The minimum absolute atomic E-state index is 0.0422. The number of carbonyl (C=O) groups is 1. The van der Waals surface area contributed by atoms with Crippen molar-refractivity contribution in [2.24, 2.45) is 5.92 Å². The Morgan fingerprint density at radius 2 is 1.73 bits per heavy atom. The molecule has 0 heterocycles. The summed E-state index contributed by atoms with van der Waals surface area (Å²) in [5, 5.41) is 3.47. The summed E-state index contributed by atoms with van der Waals surface area (Å²) in [6.07, 6.45) is 3.60. The van der Waals surface area contributed by atoms with E-state index >= 15 is 0 Å². The normalized spacial score (nSPS) is 19.7. The standard InChI is InChI=1S/C19H20FNO/c20-15-12-10-14(11-13-15)19(17-8-4-5-9-18(17)22)21-16-6-2-1-3-7-16/h1-3,6-7,10-13,17,19,21H,4-5,8-9H2. The van der Waals surface area contributed by atoms with Gasteiger partial charge in [-0.2, -0.15) is 0 Å². The minimum Gasteiger partial charge on any atom is -0.378 e. The molecule has 3 rings (SSSR count). The topological polar surface area (TPSA) is 29.1 Å². The maximum Gasteiger partial charge on any atom is 0.138 e. The Bertz CT molecular complexity index is 624. The van der Waals surface area contributed by atoms with Crippen LogP contribution in [0.3, 0.4) is 0 Å². The Morgan fingerprint density at radius 3 is 2.41 bits per heavy atom. The van der Waals surface area contributed by atoms with Gasteiger partial charge in [0.15, 0.2) is 0 Å². The van der Waals surface area contributed by atoms with Crippen molar-refractivity contribution in [3.05, 3.63) is 66.0 Å². The highest BCUT2D eigenvalue weighted by Gasteiger charge is 2.31. The average molecular weight is 297 g/mol. The molecular weight excluding hydrogens is 277 g/mol. The van der Waals surface area contributed by atoms with E-state index < -0.39 is 0 Å². The second kappa shape index (κ2) is 6.73. The summed E-state index contributed by atoms with van der Waals surface area (Å²) in [4.78, 5) is 12.4. The number of hydrogen-bond acceptors (Lipinski definition) is 2. The van der Waals surface area contributed by atoms with Crippen LogP contribution in [0.1, 0.15) is 37.3 Å². The van der Waals surface area contributed by atoms with Crippen LogP contribution >= 0.6 is 0 Å². The zero-order valence-electron chi connectivity index (χ0n) is 12.5. The van der Waals surface area contributed by atoms with E-state index in [1.54, 1.807) is 12.1 Å². The summed E-state index contributed by atoms with van der Waals surface area (Å²) in [6, 6.07) is 16.2. The van der Waals surface area contributed by atoms with Crippen molar-refractivity contribution in [2.75, 3.05) is 5.32 Å².